The zero-order chi connectivity index (χ0) is 10.8. The van der Waals surface area contributed by atoms with Gasteiger partial charge in [-0.2, -0.15) is 0 Å². The van der Waals surface area contributed by atoms with E-state index in [1.807, 2.05) is 24.3 Å². The van der Waals surface area contributed by atoms with Gasteiger partial charge in [0.2, 0.25) is 0 Å². The summed E-state index contributed by atoms with van der Waals surface area (Å²) < 4.78 is 0. The van der Waals surface area contributed by atoms with E-state index in [1.54, 1.807) is 19.1 Å². The Bertz CT molecular complexity index is 497. The normalized spacial score (nSPS) is 10.3. The van der Waals surface area contributed by atoms with E-state index in [2.05, 4.69) is 4.98 Å². The lowest BCUT2D eigenvalue weighted by Crippen LogP contribution is -1.87. The van der Waals surface area contributed by atoms with Gasteiger partial charge in [-0.25, -0.2) is 4.98 Å². The molecule has 0 unspecified atom stereocenters. The summed E-state index contributed by atoms with van der Waals surface area (Å²) in [6.45, 7) is 1.76. The fraction of sp³-hybridized carbons (Fsp3) is 0.0833. The lowest BCUT2D eigenvalue weighted by atomic mass is 10.1. The van der Waals surface area contributed by atoms with Crippen molar-refractivity contribution in [3.63, 3.8) is 0 Å². The Morgan fingerprint density at radius 2 is 1.87 bits per heavy atom. The monoisotopic (exact) mass is 219 g/mol. The molecule has 3 heteroatoms. The first-order valence-corrected chi connectivity index (χ1v) is 4.98. The average molecular weight is 220 g/mol. The lowest BCUT2D eigenvalue weighted by Gasteiger charge is -2.05. The summed E-state index contributed by atoms with van der Waals surface area (Å²) in [5.74, 6) is 0.200. The second-order valence-electron chi connectivity index (χ2n) is 3.28. The molecule has 1 heterocycles. The quantitative estimate of drug-likeness (QED) is 0.797. The molecule has 0 saturated carbocycles. The molecule has 0 aliphatic heterocycles. The van der Waals surface area contributed by atoms with Crippen molar-refractivity contribution in [3.05, 3.63) is 47.1 Å². The van der Waals surface area contributed by atoms with Crippen LogP contribution in [0, 0.1) is 6.92 Å². The number of halogens is 1. The van der Waals surface area contributed by atoms with Crippen molar-refractivity contribution in [1.29, 1.82) is 0 Å². The second kappa shape index (κ2) is 3.91. The Hall–Kier alpha value is -1.54. The Morgan fingerprint density at radius 3 is 2.53 bits per heavy atom. The molecule has 1 aromatic heterocycles. The van der Waals surface area contributed by atoms with Crippen molar-refractivity contribution in [2.24, 2.45) is 0 Å². The fourth-order valence-electron chi connectivity index (χ4n) is 1.37. The third-order valence-corrected chi connectivity index (χ3v) is 2.54. The van der Waals surface area contributed by atoms with Crippen LogP contribution in [0.3, 0.4) is 0 Å². The van der Waals surface area contributed by atoms with Gasteiger partial charge >= 0.3 is 0 Å². The molecule has 2 aromatic rings. The van der Waals surface area contributed by atoms with E-state index in [4.69, 9.17) is 11.6 Å². The molecule has 0 spiro atoms. The molecule has 0 amide bonds. The number of aromatic nitrogens is 1. The zero-order valence-electron chi connectivity index (χ0n) is 8.24. The summed E-state index contributed by atoms with van der Waals surface area (Å²) in [6.07, 6.45) is 0. The van der Waals surface area contributed by atoms with Crippen LogP contribution >= 0.6 is 11.6 Å². The summed E-state index contributed by atoms with van der Waals surface area (Å²) in [7, 11) is 0. The number of rotatable bonds is 1. The van der Waals surface area contributed by atoms with Crippen LogP contribution < -0.4 is 0 Å². The standard InChI is InChI=1S/C12H10ClNO/c1-8-12(15)7-6-11(14-8)9-4-2-3-5-10(9)13/h2-7,15H,1H3. The molecular weight excluding hydrogens is 210 g/mol. The van der Waals surface area contributed by atoms with Gasteiger partial charge in [0.1, 0.15) is 5.75 Å². The fourth-order valence-corrected chi connectivity index (χ4v) is 1.61. The van der Waals surface area contributed by atoms with Crippen LogP contribution in [0.2, 0.25) is 5.02 Å². The van der Waals surface area contributed by atoms with Crippen molar-refractivity contribution in [1.82, 2.24) is 4.98 Å². The van der Waals surface area contributed by atoms with Crippen LogP contribution in [-0.2, 0) is 0 Å². The van der Waals surface area contributed by atoms with Gasteiger partial charge in [0.25, 0.3) is 0 Å². The number of hydrogen-bond acceptors (Lipinski definition) is 2. The highest BCUT2D eigenvalue weighted by Crippen LogP contribution is 2.27. The Morgan fingerprint density at radius 1 is 1.13 bits per heavy atom. The van der Waals surface area contributed by atoms with Gasteiger partial charge in [-0.3, -0.25) is 0 Å². The van der Waals surface area contributed by atoms with E-state index in [-0.39, 0.29) is 5.75 Å². The number of aryl methyl sites for hydroxylation is 1. The molecule has 0 bridgehead atoms. The predicted molar refractivity (Wildman–Crippen MR) is 61.1 cm³/mol. The van der Waals surface area contributed by atoms with Crippen LogP contribution in [0.1, 0.15) is 5.69 Å². The summed E-state index contributed by atoms with van der Waals surface area (Å²) >= 11 is 6.05. The molecular formula is C12H10ClNO. The summed E-state index contributed by atoms with van der Waals surface area (Å²) in [4.78, 5) is 4.27. The second-order valence-corrected chi connectivity index (χ2v) is 3.69. The largest absolute Gasteiger partial charge is 0.506 e. The maximum absolute atomic E-state index is 9.36. The Kier molecular flexibility index (Phi) is 2.60. The van der Waals surface area contributed by atoms with Gasteiger partial charge in [-0.1, -0.05) is 29.8 Å². The first-order chi connectivity index (χ1) is 7.18. The topological polar surface area (TPSA) is 33.1 Å². The van der Waals surface area contributed by atoms with Crippen molar-refractivity contribution in [2.45, 2.75) is 6.92 Å². The van der Waals surface area contributed by atoms with Crippen molar-refractivity contribution < 1.29 is 5.11 Å². The molecule has 0 radical (unpaired) electrons. The van der Waals surface area contributed by atoms with Gasteiger partial charge < -0.3 is 5.11 Å². The molecule has 0 atom stereocenters. The van der Waals surface area contributed by atoms with Gasteiger partial charge in [0.15, 0.2) is 0 Å². The average Bonchev–Trinajstić information content (AvgIpc) is 2.23. The van der Waals surface area contributed by atoms with Crippen LogP contribution in [0.5, 0.6) is 5.75 Å². The van der Waals surface area contributed by atoms with Gasteiger partial charge in [-0.05, 0) is 25.1 Å². The van der Waals surface area contributed by atoms with E-state index < -0.39 is 0 Å². The van der Waals surface area contributed by atoms with Gasteiger partial charge in [-0.15, -0.1) is 0 Å². The molecule has 2 rings (SSSR count). The minimum absolute atomic E-state index is 0.200. The molecule has 1 aromatic carbocycles. The third-order valence-electron chi connectivity index (χ3n) is 2.21. The summed E-state index contributed by atoms with van der Waals surface area (Å²) in [6, 6.07) is 10.9. The molecule has 0 aliphatic carbocycles. The van der Waals surface area contributed by atoms with Gasteiger partial charge in [0, 0.05) is 10.6 Å². The summed E-state index contributed by atoms with van der Waals surface area (Å²) in [5.41, 5.74) is 2.26. The molecule has 1 N–H and O–H groups in total. The van der Waals surface area contributed by atoms with Crippen LogP contribution in [-0.4, -0.2) is 10.1 Å². The number of hydrogen-bond donors (Lipinski definition) is 1. The van der Waals surface area contributed by atoms with Crippen LogP contribution in [0.15, 0.2) is 36.4 Å². The third kappa shape index (κ3) is 1.95. The zero-order valence-corrected chi connectivity index (χ0v) is 8.99. The first-order valence-electron chi connectivity index (χ1n) is 4.60. The van der Waals surface area contributed by atoms with E-state index in [0.29, 0.717) is 10.7 Å². The highest BCUT2D eigenvalue weighted by Gasteiger charge is 2.05. The Labute approximate surface area is 93.2 Å². The minimum atomic E-state index is 0.200. The van der Waals surface area contributed by atoms with E-state index in [0.717, 1.165) is 11.3 Å². The predicted octanol–water partition coefficient (Wildman–Crippen LogP) is 3.42. The van der Waals surface area contributed by atoms with Crippen LogP contribution in [0.4, 0.5) is 0 Å². The maximum Gasteiger partial charge on any atom is 0.136 e. The number of benzene rings is 1. The maximum atomic E-state index is 9.36. The van der Waals surface area contributed by atoms with E-state index in [1.165, 1.54) is 0 Å². The highest BCUT2D eigenvalue weighted by molar-refractivity contribution is 6.33. The van der Waals surface area contributed by atoms with Crippen molar-refractivity contribution in [2.75, 3.05) is 0 Å². The number of pyridine rings is 1. The van der Waals surface area contributed by atoms with Crippen molar-refractivity contribution >= 4 is 11.6 Å². The van der Waals surface area contributed by atoms with Gasteiger partial charge in [0.05, 0.1) is 11.4 Å². The molecule has 0 fully saturated rings. The molecule has 2 nitrogen and oxygen atoms in total. The molecule has 15 heavy (non-hydrogen) atoms. The van der Waals surface area contributed by atoms with E-state index in [9.17, 15) is 5.11 Å². The summed E-state index contributed by atoms with van der Waals surface area (Å²) in [5, 5.41) is 10.0. The molecule has 76 valence electrons. The van der Waals surface area contributed by atoms with E-state index >= 15 is 0 Å². The SMILES string of the molecule is Cc1nc(-c2ccccc2Cl)ccc1O. The minimum Gasteiger partial charge on any atom is -0.506 e. The number of nitrogens with zero attached hydrogens (tertiary/aromatic N) is 1. The smallest absolute Gasteiger partial charge is 0.136 e. The van der Waals surface area contributed by atoms with Crippen LogP contribution in [0.25, 0.3) is 11.3 Å². The first kappa shape index (κ1) is 9.99. The number of aromatic hydroxyl groups is 1. The molecule has 0 saturated heterocycles. The highest BCUT2D eigenvalue weighted by atomic mass is 35.5. The Balaban J connectivity index is 2.55. The molecule has 0 aliphatic rings. The van der Waals surface area contributed by atoms with Crippen molar-refractivity contribution in [3.8, 4) is 17.0 Å². The lowest BCUT2D eigenvalue weighted by molar-refractivity contribution is 0.468.